The number of rotatable bonds is 7. The molecule has 0 saturated heterocycles. The van der Waals surface area contributed by atoms with Crippen molar-refractivity contribution >= 4 is 0 Å². The molecule has 84 valence electrons. The van der Waals surface area contributed by atoms with E-state index in [-0.39, 0.29) is 0 Å². The molecule has 0 heterocycles. The molecule has 0 radical (unpaired) electrons. The van der Waals surface area contributed by atoms with Crippen molar-refractivity contribution in [3.63, 3.8) is 0 Å². The Hall–Kier alpha value is -0.860. The van der Waals surface area contributed by atoms with Crippen molar-refractivity contribution in [2.45, 2.75) is 25.7 Å². The van der Waals surface area contributed by atoms with Crippen molar-refractivity contribution in [3.05, 3.63) is 35.9 Å². The number of ether oxygens (including phenoxy) is 1. The quantitative estimate of drug-likeness (QED) is 0.697. The van der Waals surface area contributed by atoms with Crippen LogP contribution in [0.15, 0.2) is 30.3 Å². The summed E-state index contributed by atoms with van der Waals surface area (Å²) in [5.41, 5.74) is 7.12. The highest BCUT2D eigenvalue weighted by Crippen LogP contribution is 2.19. The van der Waals surface area contributed by atoms with Crippen molar-refractivity contribution in [3.8, 4) is 0 Å². The van der Waals surface area contributed by atoms with Crippen LogP contribution in [0.1, 0.15) is 31.2 Å². The summed E-state index contributed by atoms with van der Waals surface area (Å²) in [6, 6.07) is 10.5. The summed E-state index contributed by atoms with van der Waals surface area (Å²) < 4.78 is 5.32. The van der Waals surface area contributed by atoms with E-state index in [1.54, 1.807) is 0 Å². The molecule has 0 fully saturated rings. The molecule has 2 N–H and O–H groups in total. The lowest BCUT2D eigenvalue weighted by atomic mass is 9.95. The zero-order chi connectivity index (χ0) is 10.9. The smallest absolute Gasteiger partial charge is 0.0466 e. The molecule has 1 unspecified atom stereocenters. The van der Waals surface area contributed by atoms with Crippen LogP contribution in [-0.4, -0.2) is 19.8 Å². The zero-order valence-electron chi connectivity index (χ0n) is 9.49. The number of hydrogen-bond acceptors (Lipinski definition) is 2. The lowest BCUT2D eigenvalue weighted by Gasteiger charge is -2.14. The van der Waals surface area contributed by atoms with Gasteiger partial charge < -0.3 is 10.5 Å². The van der Waals surface area contributed by atoms with Crippen LogP contribution in [0.4, 0.5) is 0 Å². The molecule has 1 rings (SSSR count). The maximum absolute atomic E-state index is 5.78. The molecule has 0 aromatic heterocycles. The van der Waals surface area contributed by atoms with E-state index in [0.717, 1.165) is 32.6 Å². The van der Waals surface area contributed by atoms with Crippen molar-refractivity contribution in [2.24, 2.45) is 5.73 Å². The van der Waals surface area contributed by atoms with Gasteiger partial charge in [0, 0.05) is 13.2 Å². The minimum Gasteiger partial charge on any atom is -0.382 e. The van der Waals surface area contributed by atoms with Gasteiger partial charge in [-0.15, -0.1) is 0 Å². The van der Waals surface area contributed by atoms with Crippen molar-refractivity contribution in [1.82, 2.24) is 0 Å². The molecule has 0 aliphatic rings. The monoisotopic (exact) mass is 207 g/mol. The largest absolute Gasteiger partial charge is 0.382 e. The van der Waals surface area contributed by atoms with Crippen LogP contribution in [0.2, 0.25) is 0 Å². The molecule has 0 bridgehead atoms. The molecule has 2 heteroatoms. The van der Waals surface area contributed by atoms with Gasteiger partial charge in [-0.25, -0.2) is 0 Å². The second-order valence-corrected chi connectivity index (χ2v) is 3.68. The lowest BCUT2D eigenvalue weighted by Crippen LogP contribution is -2.13. The first-order valence-corrected chi connectivity index (χ1v) is 5.71. The molecule has 1 aromatic rings. The standard InChI is InChI=1S/C13H21NO/c1-2-15-10-6-9-13(11-14)12-7-4-3-5-8-12/h3-5,7-8,13H,2,6,9-11,14H2,1H3. The van der Waals surface area contributed by atoms with Gasteiger partial charge in [0.2, 0.25) is 0 Å². The Labute approximate surface area is 92.4 Å². The van der Waals surface area contributed by atoms with E-state index >= 15 is 0 Å². The van der Waals surface area contributed by atoms with Crippen LogP contribution in [0.25, 0.3) is 0 Å². The molecule has 0 aliphatic carbocycles. The number of benzene rings is 1. The molecule has 1 aromatic carbocycles. The van der Waals surface area contributed by atoms with Crippen LogP contribution >= 0.6 is 0 Å². The lowest BCUT2D eigenvalue weighted by molar-refractivity contribution is 0.142. The number of hydrogen-bond donors (Lipinski definition) is 1. The van der Waals surface area contributed by atoms with Gasteiger partial charge in [0.05, 0.1) is 0 Å². The minimum atomic E-state index is 0.478. The molecule has 15 heavy (non-hydrogen) atoms. The third-order valence-corrected chi connectivity index (χ3v) is 2.60. The van der Waals surface area contributed by atoms with Gasteiger partial charge in [0.25, 0.3) is 0 Å². The highest BCUT2D eigenvalue weighted by atomic mass is 16.5. The first kappa shape index (κ1) is 12.2. The maximum atomic E-state index is 5.78. The summed E-state index contributed by atoms with van der Waals surface area (Å²) in [6.45, 7) is 4.40. The Bertz CT molecular complexity index is 248. The predicted octanol–water partition coefficient (Wildman–Crippen LogP) is 2.55. The summed E-state index contributed by atoms with van der Waals surface area (Å²) in [5.74, 6) is 0.478. The molecule has 1 atom stereocenters. The van der Waals surface area contributed by atoms with Gasteiger partial charge in [0.15, 0.2) is 0 Å². The fourth-order valence-corrected chi connectivity index (χ4v) is 1.72. The average molecular weight is 207 g/mol. The Balaban J connectivity index is 2.36. The fraction of sp³-hybridized carbons (Fsp3) is 0.538. The molecule has 0 saturated carbocycles. The third kappa shape index (κ3) is 4.45. The van der Waals surface area contributed by atoms with Gasteiger partial charge in [-0.05, 0) is 37.8 Å². The van der Waals surface area contributed by atoms with E-state index < -0.39 is 0 Å². The summed E-state index contributed by atoms with van der Waals surface area (Å²) >= 11 is 0. The van der Waals surface area contributed by atoms with Crippen LogP contribution in [-0.2, 0) is 4.74 Å². The molecule has 0 spiro atoms. The Kier molecular flexibility index (Phi) is 6.05. The molecule has 0 aliphatic heterocycles. The predicted molar refractivity (Wildman–Crippen MR) is 64.0 cm³/mol. The first-order chi connectivity index (χ1) is 7.38. The van der Waals surface area contributed by atoms with E-state index in [0.29, 0.717) is 5.92 Å². The highest BCUT2D eigenvalue weighted by Gasteiger charge is 2.08. The summed E-state index contributed by atoms with van der Waals surface area (Å²) in [7, 11) is 0. The van der Waals surface area contributed by atoms with Crippen LogP contribution in [0.5, 0.6) is 0 Å². The second kappa shape index (κ2) is 7.43. The van der Waals surface area contributed by atoms with Gasteiger partial charge in [-0.2, -0.15) is 0 Å². The van der Waals surface area contributed by atoms with E-state index in [4.69, 9.17) is 10.5 Å². The zero-order valence-corrected chi connectivity index (χ0v) is 9.49. The maximum Gasteiger partial charge on any atom is 0.0466 e. The van der Waals surface area contributed by atoms with E-state index in [2.05, 4.69) is 24.3 Å². The number of nitrogens with two attached hydrogens (primary N) is 1. The Morgan fingerprint density at radius 3 is 2.60 bits per heavy atom. The Morgan fingerprint density at radius 2 is 2.00 bits per heavy atom. The van der Waals surface area contributed by atoms with Crippen molar-refractivity contribution in [2.75, 3.05) is 19.8 Å². The Morgan fingerprint density at radius 1 is 1.27 bits per heavy atom. The van der Waals surface area contributed by atoms with Gasteiger partial charge in [0.1, 0.15) is 0 Å². The second-order valence-electron chi connectivity index (χ2n) is 3.68. The molecular weight excluding hydrogens is 186 g/mol. The van der Waals surface area contributed by atoms with Crippen molar-refractivity contribution in [1.29, 1.82) is 0 Å². The van der Waals surface area contributed by atoms with E-state index in [1.807, 2.05) is 13.0 Å². The van der Waals surface area contributed by atoms with Crippen LogP contribution < -0.4 is 5.73 Å². The van der Waals surface area contributed by atoms with Crippen molar-refractivity contribution < 1.29 is 4.74 Å². The molecule has 0 amide bonds. The van der Waals surface area contributed by atoms with Gasteiger partial charge in [-0.1, -0.05) is 30.3 Å². The van der Waals surface area contributed by atoms with E-state index in [1.165, 1.54) is 5.56 Å². The first-order valence-electron chi connectivity index (χ1n) is 5.71. The minimum absolute atomic E-state index is 0.478. The summed E-state index contributed by atoms with van der Waals surface area (Å²) in [4.78, 5) is 0. The van der Waals surface area contributed by atoms with Gasteiger partial charge in [-0.3, -0.25) is 0 Å². The van der Waals surface area contributed by atoms with Crippen LogP contribution in [0, 0.1) is 0 Å². The average Bonchev–Trinajstić information content (AvgIpc) is 2.30. The van der Waals surface area contributed by atoms with Crippen LogP contribution in [0.3, 0.4) is 0 Å². The topological polar surface area (TPSA) is 35.2 Å². The molecular formula is C13H21NO. The highest BCUT2D eigenvalue weighted by molar-refractivity contribution is 5.19. The van der Waals surface area contributed by atoms with E-state index in [9.17, 15) is 0 Å². The summed E-state index contributed by atoms with van der Waals surface area (Å²) in [6.07, 6.45) is 2.20. The fourth-order valence-electron chi connectivity index (χ4n) is 1.72. The normalized spacial score (nSPS) is 12.7. The van der Waals surface area contributed by atoms with Gasteiger partial charge >= 0.3 is 0 Å². The third-order valence-electron chi connectivity index (χ3n) is 2.60. The molecule has 2 nitrogen and oxygen atoms in total. The SMILES string of the molecule is CCOCCCC(CN)c1ccccc1. The summed E-state index contributed by atoms with van der Waals surface area (Å²) in [5, 5.41) is 0.